The molecule has 2 amide bonds. The molecule has 2 rings (SSSR count). The lowest BCUT2D eigenvalue weighted by Gasteiger charge is -2.17. The highest BCUT2D eigenvalue weighted by atomic mass is 16.1. The van der Waals surface area contributed by atoms with Crippen LogP contribution >= 0.6 is 0 Å². The molecule has 1 aliphatic carbocycles. The third-order valence-corrected chi connectivity index (χ3v) is 4.18. The van der Waals surface area contributed by atoms with Crippen molar-refractivity contribution in [2.45, 2.75) is 50.5 Å². The smallest absolute Gasteiger partial charge is 0.221 e. The van der Waals surface area contributed by atoms with Crippen LogP contribution in [0.5, 0.6) is 0 Å². The SMILES string of the molecule is O=CNCCC(=O)NC1CCCC(c2ccccc2)CC1. The Balaban J connectivity index is 1.78. The van der Waals surface area contributed by atoms with Gasteiger partial charge in [-0.25, -0.2) is 0 Å². The fourth-order valence-corrected chi connectivity index (χ4v) is 3.05. The van der Waals surface area contributed by atoms with E-state index >= 15 is 0 Å². The van der Waals surface area contributed by atoms with Gasteiger partial charge >= 0.3 is 0 Å². The van der Waals surface area contributed by atoms with E-state index in [1.54, 1.807) is 0 Å². The van der Waals surface area contributed by atoms with Gasteiger partial charge in [-0.3, -0.25) is 9.59 Å². The predicted octanol–water partition coefficient (Wildman–Crippen LogP) is 2.36. The lowest BCUT2D eigenvalue weighted by Crippen LogP contribution is -2.35. The molecule has 0 aromatic heterocycles. The summed E-state index contributed by atoms with van der Waals surface area (Å²) in [7, 11) is 0. The first-order chi connectivity index (χ1) is 10.3. The molecule has 4 heteroatoms. The van der Waals surface area contributed by atoms with E-state index in [4.69, 9.17) is 0 Å². The average molecular weight is 288 g/mol. The normalized spacial score (nSPS) is 22.1. The summed E-state index contributed by atoms with van der Waals surface area (Å²) in [5.74, 6) is 0.650. The van der Waals surface area contributed by atoms with E-state index in [0.717, 1.165) is 25.7 Å². The van der Waals surface area contributed by atoms with Crippen molar-refractivity contribution in [1.29, 1.82) is 0 Å². The number of rotatable bonds is 6. The first-order valence-electron chi connectivity index (χ1n) is 7.81. The van der Waals surface area contributed by atoms with Crippen LogP contribution in [0.2, 0.25) is 0 Å². The highest BCUT2D eigenvalue weighted by Gasteiger charge is 2.20. The summed E-state index contributed by atoms with van der Waals surface area (Å²) in [5, 5.41) is 5.61. The molecule has 4 nitrogen and oxygen atoms in total. The number of benzene rings is 1. The third kappa shape index (κ3) is 5.21. The molecule has 0 spiro atoms. The zero-order chi connectivity index (χ0) is 14.9. The zero-order valence-electron chi connectivity index (χ0n) is 12.4. The molecule has 0 aliphatic heterocycles. The molecule has 0 bridgehead atoms. The molecule has 1 aromatic rings. The van der Waals surface area contributed by atoms with E-state index in [0.29, 0.717) is 25.3 Å². The Morgan fingerprint density at radius 3 is 2.71 bits per heavy atom. The summed E-state index contributed by atoms with van der Waals surface area (Å²) in [6.07, 6.45) is 6.55. The number of amides is 2. The summed E-state index contributed by atoms with van der Waals surface area (Å²) >= 11 is 0. The van der Waals surface area contributed by atoms with Crippen molar-refractivity contribution >= 4 is 12.3 Å². The molecule has 1 saturated carbocycles. The van der Waals surface area contributed by atoms with Gasteiger partial charge < -0.3 is 10.6 Å². The van der Waals surface area contributed by atoms with Crippen molar-refractivity contribution in [1.82, 2.24) is 10.6 Å². The molecule has 0 radical (unpaired) electrons. The van der Waals surface area contributed by atoms with Crippen LogP contribution in [0.25, 0.3) is 0 Å². The van der Waals surface area contributed by atoms with E-state index in [2.05, 4.69) is 41.0 Å². The van der Waals surface area contributed by atoms with Crippen LogP contribution in [0.15, 0.2) is 30.3 Å². The third-order valence-electron chi connectivity index (χ3n) is 4.18. The van der Waals surface area contributed by atoms with Crippen LogP contribution in [0.3, 0.4) is 0 Å². The highest BCUT2D eigenvalue weighted by Crippen LogP contribution is 2.31. The van der Waals surface area contributed by atoms with E-state index in [1.807, 2.05) is 0 Å². The van der Waals surface area contributed by atoms with Crippen molar-refractivity contribution in [3.05, 3.63) is 35.9 Å². The van der Waals surface area contributed by atoms with E-state index in [9.17, 15) is 9.59 Å². The number of hydrogen-bond donors (Lipinski definition) is 2. The Morgan fingerprint density at radius 1 is 1.14 bits per heavy atom. The lowest BCUT2D eigenvalue weighted by molar-refractivity contribution is -0.121. The quantitative estimate of drug-likeness (QED) is 0.479. The van der Waals surface area contributed by atoms with Crippen LogP contribution < -0.4 is 10.6 Å². The second-order valence-corrected chi connectivity index (χ2v) is 5.70. The monoisotopic (exact) mass is 288 g/mol. The molecule has 2 N–H and O–H groups in total. The van der Waals surface area contributed by atoms with Crippen molar-refractivity contribution < 1.29 is 9.59 Å². The first kappa shape index (κ1) is 15.5. The topological polar surface area (TPSA) is 58.2 Å². The fourth-order valence-electron chi connectivity index (χ4n) is 3.05. The second kappa shape index (κ2) is 8.45. The number of nitrogens with one attached hydrogen (secondary N) is 2. The van der Waals surface area contributed by atoms with Gasteiger partial charge in [0.2, 0.25) is 12.3 Å². The number of carbonyl (C=O) groups is 2. The van der Waals surface area contributed by atoms with Crippen LogP contribution in [0, 0.1) is 0 Å². The van der Waals surface area contributed by atoms with E-state index < -0.39 is 0 Å². The van der Waals surface area contributed by atoms with Gasteiger partial charge in [0.25, 0.3) is 0 Å². The summed E-state index contributed by atoms with van der Waals surface area (Å²) in [4.78, 5) is 21.9. The Hall–Kier alpha value is -1.84. The van der Waals surface area contributed by atoms with Crippen molar-refractivity contribution in [2.75, 3.05) is 6.54 Å². The molecule has 114 valence electrons. The molecular weight excluding hydrogens is 264 g/mol. The maximum absolute atomic E-state index is 11.8. The summed E-state index contributed by atoms with van der Waals surface area (Å²) in [5.41, 5.74) is 1.42. The molecule has 1 aromatic carbocycles. The Kier molecular flexibility index (Phi) is 6.25. The summed E-state index contributed by atoms with van der Waals surface area (Å²) < 4.78 is 0. The van der Waals surface area contributed by atoms with Crippen LogP contribution in [0.4, 0.5) is 0 Å². The predicted molar refractivity (Wildman–Crippen MR) is 82.9 cm³/mol. The van der Waals surface area contributed by atoms with Gasteiger partial charge in [-0.05, 0) is 37.2 Å². The first-order valence-corrected chi connectivity index (χ1v) is 7.81. The number of hydrogen-bond acceptors (Lipinski definition) is 2. The molecule has 0 saturated heterocycles. The van der Waals surface area contributed by atoms with E-state index in [-0.39, 0.29) is 11.9 Å². The van der Waals surface area contributed by atoms with Gasteiger partial charge in [-0.1, -0.05) is 36.8 Å². The maximum atomic E-state index is 11.8. The summed E-state index contributed by atoms with van der Waals surface area (Å²) in [6.45, 7) is 0.411. The maximum Gasteiger partial charge on any atom is 0.221 e. The van der Waals surface area contributed by atoms with Crippen LogP contribution in [-0.2, 0) is 9.59 Å². The van der Waals surface area contributed by atoms with Crippen molar-refractivity contribution in [3.63, 3.8) is 0 Å². The van der Waals surface area contributed by atoms with Crippen molar-refractivity contribution in [2.24, 2.45) is 0 Å². The summed E-state index contributed by atoms with van der Waals surface area (Å²) in [6, 6.07) is 10.9. The lowest BCUT2D eigenvalue weighted by atomic mass is 9.92. The fraction of sp³-hybridized carbons (Fsp3) is 0.529. The average Bonchev–Trinajstić information content (AvgIpc) is 2.74. The molecule has 21 heavy (non-hydrogen) atoms. The molecule has 1 aliphatic rings. The molecule has 2 unspecified atom stereocenters. The molecule has 0 heterocycles. The largest absolute Gasteiger partial charge is 0.358 e. The Bertz CT molecular complexity index is 447. The Morgan fingerprint density at radius 2 is 1.95 bits per heavy atom. The minimum atomic E-state index is 0.0347. The van der Waals surface area contributed by atoms with Crippen molar-refractivity contribution in [3.8, 4) is 0 Å². The van der Waals surface area contributed by atoms with Gasteiger partial charge in [0.05, 0.1) is 0 Å². The number of carbonyl (C=O) groups excluding carboxylic acids is 2. The van der Waals surface area contributed by atoms with Gasteiger partial charge in [0.15, 0.2) is 0 Å². The standard InChI is InChI=1S/C17H24N2O2/c20-13-18-12-11-17(21)19-16-8-4-7-15(9-10-16)14-5-2-1-3-6-14/h1-3,5-6,13,15-16H,4,7-12H2,(H,18,20)(H,19,21). The zero-order valence-corrected chi connectivity index (χ0v) is 12.4. The highest BCUT2D eigenvalue weighted by molar-refractivity contribution is 5.76. The van der Waals surface area contributed by atoms with Gasteiger partial charge in [-0.2, -0.15) is 0 Å². The molecule has 2 atom stereocenters. The van der Waals surface area contributed by atoms with Gasteiger partial charge in [-0.15, -0.1) is 0 Å². The second-order valence-electron chi connectivity index (χ2n) is 5.70. The van der Waals surface area contributed by atoms with Gasteiger partial charge in [0.1, 0.15) is 0 Å². The molecule has 1 fully saturated rings. The Labute approximate surface area is 126 Å². The van der Waals surface area contributed by atoms with Crippen LogP contribution in [-0.4, -0.2) is 24.9 Å². The van der Waals surface area contributed by atoms with E-state index in [1.165, 1.54) is 12.0 Å². The minimum Gasteiger partial charge on any atom is -0.358 e. The van der Waals surface area contributed by atoms with Crippen LogP contribution in [0.1, 0.15) is 50.0 Å². The molecular formula is C17H24N2O2. The minimum absolute atomic E-state index is 0.0347. The van der Waals surface area contributed by atoms with Gasteiger partial charge in [0, 0.05) is 19.0 Å².